The van der Waals surface area contributed by atoms with Crippen LogP contribution >= 0.6 is 11.6 Å². The molecule has 4 aromatic rings. The van der Waals surface area contributed by atoms with Crippen LogP contribution in [0.2, 0.25) is 5.02 Å². The summed E-state index contributed by atoms with van der Waals surface area (Å²) >= 11 is 6.04. The molecule has 1 N–H and O–H groups in total. The number of carbonyl (C=O) groups excluding carboxylic acids is 2. The summed E-state index contributed by atoms with van der Waals surface area (Å²) in [4.78, 5) is 37.0. The molecule has 0 aliphatic carbocycles. The number of nitrogens with zero attached hydrogens (tertiary/aromatic N) is 1. The van der Waals surface area contributed by atoms with E-state index in [1.54, 1.807) is 19.1 Å². The molecule has 0 atom stereocenters. The van der Waals surface area contributed by atoms with Crippen molar-refractivity contribution >= 4 is 34.8 Å². The van der Waals surface area contributed by atoms with Crippen LogP contribution in [0.25, 0.3) is 16.6 Å². The van der Waals surface area contributed by atoms with Crippen LogP contribution in [-0.2, 0) is 10.9 Å². The number of carbonyl (C=O) groups is 3. The maximum absolute atomic E-state index is 13.7. The second-order valence-electron chi connectivity index (χ2n) is 7.71. The molecule has 0 spiro atoms. The summed E-state index contributed by atoms with van der Waals surface area (Å²) in [5.41, 5.74) is -0.695. The first-order valence-electron chi connectivity index (χ1n) is 10.6. The van der Waals surface area contributed by atoms with Gasteiger partial charge < -0.3 is 14.2 Å². The monoisotopic (exact) mass is 515 g/mol. The van der Waals surface area contributed by atoms with Crippen LogP contribution in [0.15, 0.2) is 66.9 Å². The molecule has 10 heteroatoms. The Kier molecular flexibility index (Phi) is 6.60. The van der Waals surface area contributed by atoms with Crippen molar-refractivity contribution in [1.82, 2.24) is 4.40 Å². The van der Waals surface area contributed by atoms with E-state index in [9.17, 15) is 32.7 Å². The molecule has 0 bridgehead atoms. The average molecular weight is 516 g/mol. The molecular weight excluding hydrogens is 499 g/mol. The molecule has 0 saturated heterocycles. The smallest absolute Gasteiger partial charge is 0.417 e. The third-order valence-corrected chi connectivity index (χ3v) is 5.81. The van der Waals surface area contributed by atoms with Gasteiger partial charge in [-0.3, -0.25) is 4.79 Å². The molecule has 2 aromatic heterocycles. The first-order chi connectivity index (χ1) is 17.0. The highest BCUT2D eigenvalue weighted by Crippen LogP contribution is 2.37. The number of carboxylic acids is 1. The highest BCUT2D eigenvalue weighted by atomic mass is 35.5. The van der Waals surface area contributed by atoms with Crippen LogP contribution in [0, 0.1) is 0 Å². The number of hydrogen-bond acceptors (Lipinski definition) is 4. The van der Waals surface area contributed by atoms with Gasteiger partial charge in [-0.1, -0.05) is 29.8 Å². The van der Waals surface area contributed by atoms with Gasteiger partial charge in [0.05, 0.1) is 45.1 Å². The molecule has 36 heavy (non-hydrogen) atoms. The van der Waals surface area contributed by atoms with E-state index < -0.39 is 35.0 Å². The molecule has 0 unspecified atom stereocenters. The van der Waals surface area contributed by atoms with Gasteiger partial charge in [-0.2, -0.15) is 13.2 Å². The molecular formula is C26H17ClF3NO5. The van der Waals surface area contributed by atoms with Crippen molar-refractivity contribution in [3.05, 3.63) is 99.8 Å². The third-order valence-electron chi connectivity index (χ3n) is 5.50. The second kappa shape index (κ2) is 9.50. The maximum Gasteiger partial charge on any atom is 0.417 e. The number of hydrogen-bond donors (Lipinski definition) is 1. The second-order valence-corrected chi connectivity index (χ2v) is 8.12. The zero-order valence-electron chi connectivity index (χ0n) is 18.6. The van der Waals surface area contributed by atoms with Crippen molar-refractivity contribution in [2.45, 2.75) is 13.1 Å². The minimum Gasteiger partial charge on any atom is -0.478 e. The Morgan fingerprint density at radius 1 is 1.00 bits per heavy atom. The topological polar surface area (TPSA) is 85.1 Å². The fourth-order valence-electron chi connectivity index (χ4n) is 3.85. The molecule has 6 nitrogen and oxygen atoms in total. The quantitative estimate of drug-likeness (QED) is 0.238. The van der Waals surface area contributed by atoms with Crippen LogP contribution in [0.4, 0.5) is 13.2 Å². The highest BCUT2D eigenvalue weighted by Gasteiger charge is 2.37. The van der Waals surface area contributed by atoms with Crippen LogP contribution in [0.3, 0.4) is 0 Å². The van der Waals surface area contributed by atoms with Crippen molar-refractivity contribution in [2.24, 2.45) is 0 Å². The Morgan fingerprint density at radius 2 is 1.67 bits per heavy atom. The van der Waals surface area contributed by atoms with Gasteiger partial charge in [-0.25, -0.2) is 9.59 Å². The molecule has 0 fully saturated rings. The summed E-state index contributed by atoms with van der Waals surface area (Å²) in [6.07, 6.45) is -3.69. The van der Waals surface area contributed by atoms with E-state index >= 15 is 0 Å². The van der Waals surface area contributed by atoms with Gasteiger partial charge in [0, 0.05) is 11.8 Å². The fraction of sp³-hybridized carbons (Fsp3) is 0.115. The third kappa shape index (κ3) is 4.57. The summed E-state index contributed by atoms with van der Waals surface area (Å²) in [5, 5.41) is 9.03. The van der Waals surface area contributed by atoms with Gasteiger partial charge in [0.15, 0.2) is 0 Å². The van der Waals surface area contributed by atoms with E-state index in [-0.39, 0.29) is 22.9 Å². The number of aromatic carboxylic acids is 1. The number of fused-ring (bicyclic) bond motifs is 1. The Balaban J connectivity index is 1.93. The number of pyridine rings is 1. The largest absolute Gasteiger partial charge is 0.478 e. The normalized spacial score (nSPS) is 11.5. The van der Waals surface area contributed by atoms with Gasteiger partial charge in [0.2, 0.25) is 5.78 Å². The molecule has 2 aromatic carbocycles. The lowest BCUT2D eigenvalue weighted by Crippen LogP contribution is -2.16. The van der Waals surface area contributed by atoms with Crippen molar-refractivity contribution in [3.8, 4) is 11.1 Å². The molecule has 0 amide bonds. The van der Waals surface area contributed by atoms with E-state index in [0.29, 0.717) is 22.2 Å². The minimum atomic E-state index is -4.85. The molecule has 0 aliphatic heterocycles. The lowest BCUT2D eigenvalue weighted by molar-refractivity contribution is -0.137. The molecule has 2 heterocycles. The van der Waals surface area contributed by atoms with Gasteiger partial charge in [-0.15, -0.1) is 0 Å². The van der Waals surface area contributed by atoms with Crippen LogP contribution in [0.5, 0.6) is 0 Å². The Morgan fingerprint density at radius 3 is 2.28 bits per heavy atom. The number of ketones is 1. The summed E-state index contributed by atoms with van der Waals surface area (Å²) in [5.74, 6) is -2.83. The number of aromatic nitrogens is 1. The number of carboxylic acid groups (broad SMARTS) is 1. The van der Waals surface area contributed by atoms with Crippen molar-refractivity contribution in [1.29, 1.82) is 0 Å². The van der Waals surface area contributed by atoms with Gasteiger partial charge in [-0.05, 0) is 55.0 Å². The SMILES string of the molecule is CCOC(=O)c1ccc(-c2cc(C(=O)c3c(Cl)cccc3C(F)(F)F)n3cc(C(=O)O)ccc23)cc1. The Hall–Kier alpha value is -4.11. The van der Waals surface area contributed by atoms with E-state index in [0.717, 1.165) is 18.3 Å². The van der Waals surface area contributed by atoms with Crippen molar-refractivity contribution in [2.75, 3.05) is 6.61 Å². The number of benzene rings is 2. The summed E-state index contributed by atoms with van der Waals surface area (Å²) in [7, 11) is 0. The van der Waals surface area contributed by atoms with Crippen LogP contribution < -0.4 is 0 Å². The predicted molar refractivity (Wildman–Crippen MR) is 126 cm³/mol. The predicted octanol–water partition coefficient (Wildman–Crippen LogP) is 6.38. The standard InChI is InChI=1S/C26H17ClF3NO5/c1-2-36-25(35)15-8-6-14(7-9-15)17-12-21(31-13-16(24(33)34)10-11-20(17)31)23(32)22-18(26(28,29)30)4-3-5-19(22)27/h3-13H,2H2,1H3,(H,33,34). The molecule has 0 aliphatic rings. The van der Waals surface area contributed by atoms with E-state index in [1.807, 2.05) is 0 Å². The number of ether oxygens (including phenoxy) is 1. The molecule has 184 valence electrons. The van der Waals surface area contributed by atoms with Crippen LogP contribution in [-0.4, -0.2) is 33.8 Å². The number of esters is 1. The first-order valence-corrected chi connectivity index (χ1v) is 11.0. The zero-order valence-corrected chi connectivity index (χ0v) is 19.4. The summed E-state index contributed by atoms with van der Waals surface area (Å²) in [6, 6.07) is 13.4. The molecule has 0 saturated carbocycles. The Bertz CT molecular complexity index is 1510. The number of rotatable bonds is 6. The Labute approximate surface area is 207 Å². The van der Waals surface area contributed by atoms with Gasteiger partial charge >= 0.3 is 18.1 Å². The van der Waals surface area contributed by atoms with Crippen molar-refractivity contribution < 1.29 is 37.4 Å². The van der Waals surface area contributed by atoms with E-state index in [1.165, 1.54) is 40.8 Å². The van der Waals surface area contributed by atoms with Gasteiger partial charge in [0.25, 0.3) is 0 Å². The summed E-state index contributed by atoms with van der Waals surface area (Å²) in [6.45, 7) is 1.87. The first kappa shape index (κ1) is 25.0. The fourth-order valence-corrected chi connectivity index (χ4v) is 4.11. The molecule has 4 rings (SSSR count). The van der Waals surface area contributed by atoms with E-state index in [2.05, 4.69) is 0 Å². The molecule has 0 radical (unpaired) electrons. The number of alkyl halides is 3. The van der Waals surface area contributed by atoms with Crippen LogP contribution in [0.1, 0.15) is 49.3 Å². The van der Waals surface area contributed by atoms with Crippen molar-refractivity contribution in [3.63, 3.8) is 0 Å². The lowest BCUT2D eigenvalue weighted by Gasteiger charge is -2.13. The maximum atomic E-state index is 13.7. The average Bonchev–Trinajstić information content (AvgIpc) is 3.22. The van der Waals surface area contributed by atoms with E-state index in [4.69, 9.17) is 16.3 Å². The highest BCUT2D eigenvalue weighted by molar-refractivity contribution is 6.35. The zero-order chi connectivity index (χ0) is 26.2. The lowest BCUT2D eigenvalue weighted by atomic mass is 10.00. The summed E-state index contributed by atoms with van der Waals surface area (Å²) < 4.78 is 47.2. The van der Waals surface area contributed by atoms with Gasteiger partial charge in [0.1, 0.15) is 0 Å². The number of halogens is 4. The minimum absolute atomic E-state index is 0.174.